The number of halogens is 1. The monoisotopic (exact) mass is 415 g/mol. The Morgan fingerprint density at radius 1 is 1.17 bits per heavy atom. The van der Waals surface area contributed by atoms with Gasteiger partial charge in [0.2, 0.25) is 11.8 Å². The molecule has 2 heterocycles. The minimum atomic E-state index is -1.08. The molecule has 0 bridgehead atoms. The van der Waals surface area contributed by atoms with E-state index in [0.717, 1.165) is 10.5 Å². The molecule has 2 saturated heterocycles. The molecule has 0 saturated carbocycles. The number of aromatic hydroxyl groups is 1. The number of hydrogen-bond acceptors (Lipinski definition) is 6. The van der Waals surface area contributed by atoms with Crippen molar-refractivity contribution in [3.63, 3.8) is 0 Å². The molecule has 4 rings (SSSR count). The number of fused-ring (bicyclic) bond motifs is 1. The van der Waals surface area contributed by atoms with Crippen LogP contribution in [0.4, 0.5) is 5.69 Å². The molecule has 2 aliphatic rings. The smallest absolute Gasteiger partial charge is 0.265 e. The van der Waals surface area contributed by atoms with E-state index in [-0.39, 0.29) is 12.3 Å². The molecule has 0 spiro atoms. The van der Waals surface area contributed by atoms with Crippen LogP contribution in [0, 0.1) is 12.8 Å². The third-order valence-electron chi connectivity index (χ3n) is 5.15. The second-order valence-corrected chi connectivity index (χ2v) is 7.48. The molecule has 3 unspecified atom stereocenters. The van der Waals surface area contributed by atoms with E-state index >= 15 is 0 Å². The van der Waals surface area contributed by atoms with Gasteiger partial charge in [-0.1, -0.05) is 29.8 Å². The highest BCUT2D eigenvalue weighted by atomic mass is 35.5. The first-order valence-corrected chi connectivity index (χ1v) is 9.30. The number of carbonyl (C=O) groups is 3. The third-order valence-corrected chi connectivity index (χ3v) is 5.56. The lowest BCUT2D eigenvalue weighted by Gasteiger charge is -2.26. The van der Waals surface area contributed by atoms with Crippen LogP contribution in [0.3, 0.4) is 0 Å². The van der Waals surface area contributed by atoms with Crippen molar-refractivity contribution in [2.45, 2.75) is 19.1 Å². The molecular formula is C20H18ClN3O5. The molecule has 150 valence electrons. The van der Waals surface area contributed by atoms with Crippen LogP contribution in [0.25, 0.3) is 0 Å². The molecule has 9 heteroatoms. The molecule has 0 radical (unpaired) electrons. The Morgan fingerprint density at radius 2 is 1.86 bits per heavy atom. The Hall–Kier alpha value is -2.94. The van der Waals surface area contributed by atoms with Crippen LogP contribution in [0.5, 0.6) is 5.75 Å². The standard InChI is InChI=1S/C20H18ClN3O5/c1-10-2-5-12(8-14(10)21)24-19(27)16-17(11-3-6-13(25)7-4-11)23(9-15(22)26)29-18(16)20(24)28/h2-8,16-18,25H,9H2,1H3,(H2,22,26). The van der Waals surface area contributed by atoms with Gasteiger partial charge in [-0.2, -0.15) is 5.06 Å². The van der Waals surface area contributed by atoms with E-state index in [2.05, 4.69) is 0 Å². The van der Waals surface area contributed by atoms with Crippen LogP contribution < -0.4 is 10.6 Å². The largest absolute Gasteiger partial charge is 0.508 e. The van der Waals surface area contributed by atoms with Gasteiger partial charge in [0.05, 0.1) is 17.6 Å². The van der Waals surface area contributed by atoms with Crippen molar-refractivity contribution in [3.05, 3.63) is 58.6 Å². The average molecular weight is 416 g/mol. The normalized spacial score (nSPS) is 24.2. The van der Waals surface area contributed by atoms with Crippen LogP contribution in [-0.2, 0) is 19.2 Å². The van der Waals surface area contributed by atoms with Crippen molar-refractivity contribution in [1.29, 1.82) is 0 Å². The number of phenols is 1. The fourth-order valence-electron chi connectivity index (χ4n) is 3.78. The van der Waals surface area contributed by atoms with Gasteiger partial charge < -0.3 is 10.8 Å². The van der Waals surface area contributed by atoms with Crippen molar-refractivity contribution in [1.82, 2.24) is 5.06 Å². The van der Waals surface area contributed by atoms with Crippen LogP contribution in [0.15, 0.2) is 42.5 Å². The second kappa shape index (κ2) is 7.14. The first-order chi connectivity index (χ1) is 13.8. The molecule has 3 atom stereocenters. The predicted octanol–water partition coefficient (Wildman–Crippen LogP) is 1.69. The number of primary amides is 1. The van der Waals surface area contributed by atoms with E-state index in [0.29, 0.717) is 16.3 Å². The van der Waals surface area contributed by atoms with Gasteiger partial charge in [-0.25, -0.2) is 4.90 Å². The van der Waals surface area contributed by atoms with Gasteiger partial charge in [0.25, 0.3) is 5.91 Å². The van der Waals surface area contributed by atoms with Gasteiger partial charge in [-0.3, -0.25) is 19.2 Å². The van der Waals surface area contributed by atoms with E-state index in [1.54, 1.807) is 30.3 Å². The van der Waals surface area contributed by atoms with Gasteiger partial charge in [-0.15, -0.1) is 0 Å². The van der Waals surface area contributed by atoms with Crippen molar-refractivity contribution in [2.75, 3.05) is 11.4 Å². The quantitative estimate of drug-likeness (QED) is 0.734. The zero-order chi connectivity index (χ0) is 20.9. The maximum Gasteiger partial charge on any atom is 0.265 e. The minimum Gasteiger partial charge on any atom is -0.508 e. The summed E-state index contributed by atoms with van der Waals surface area (Å²) in [5.74, 6) is -2.46. The summed E-state index contributed by atoms with van der Waals surface area (Å²) >= 11 is 6.16. The molecular weight excluding hydrogens is 398 g/mol. The molecule has 2 fully saturated rings. The number of anilines is 1. The summed E-state index contributed by atoms with van der Waals surface area (Å²) in [5.41, 5.74) is 7.10. The molecule has 3 N–H and O–H groups in total. The number of hydrogen-bond donors (Lipinski definition) is 2. The summed E-state index contributed by atoms with van der Waals surface area (Å²) < 4.78 is 0. The zero-order valence-corrected chi connectivity index (χ0v) is 16.2. The first-order valence-electron chi connectivity index (χ1n) is 8.92. The fourth-order valence-corrected chi connectivity index (χ4v) is 3.95. The third kappa shape index (κ3) is 3.25. The minimum absolute atomic E-state index is 0.0513. The number of hydroxylamine groups is 2. The lowest BCUT2D eigenvalue weighted by molar-refractivity contribution is -0.175. The molecule has 2 aromatic carbocycles. The summed E-state index contributed by atoms with van der Waals surface area (Å²) in [7, 11) is 0. The van der Waals surface area contributed by atoms with Gasteiger partial charge in [0, 0.05) is 5.02 Å². The Balaban J connectivity index is 1.74. The molecule has 2 aromatic rings. The molecule has 0 aromatic heterocycles. The number of rotatable bonds is 4. The summed E-state index contributed by atoms with van der Waals surface area (Å²) in [6.45, 7) is 1.54. The van der Waals surface area contributed by atoms with E-state index in [1.807, 2.05) is 6.92 Å². The summed E-state index contributed by atoms with van der Waals surface area (Å²) in [6, 6.07) is 10.4. The highest BCUT2D eigenvalue weighted by Gasteiger charge is 2.60. The van der Waals surface area contributed by atoms with E-state index in [9.17, 15) is 19.5 Å². The molecule has 8 nitrogen and oxygen atoms in total. The van der Waals surface area contributed by atoms with Crippen LogP contribution in [0.2, 0.25) is 5.02 Å². The zero-order valence-electron chi connectivity index (χ0n) is 15.4. The van der Waals surface area contributed by atoms with Crippen LogP contribution in [0.1, 0.15) is 17.2 Å². The van der Waals surface area contributed by atoms with Crippen molar-refractivity contribution in [2.24, 2.45) is 11.7 Å². The number of nitrogens with zero attached hydrogens (tertiary/aromatic N) is 2. The van der Waals surface area contributed by atoms with E-state index < -0.39 is 35.8 Å². The first kappa shape index (κ1) is 19.4. The molecule has 29 heavy (non-hydrogen) atoms. The Bertz CT molecular complexity index is 1010. The van der Waals surface area contributed by atoms with Gasteiger partial charge in [0.1, 0.15) is 12.3 Å². The summed E-state index contributed by atoms with van der Waals surface area (Å²) in [4.78, 5) is 44.5. The van der Waals surface area contributed by atoms with E-state index in [4.69, 9.17) is 22.2 Å². The number of carbonyl (C=O) groups excluding carboxylic acids is 3. The maximum atomic E-state index is 13.3. The SMILES string of the molecule is Cc1ccc(N2C(=O)C3ON(CC(N)=O)C(c4ccc(O)cc4)C3C2=O)cc1Cl. The van der Waals surface area contributed by atoms with Crippen molar-refractivity contribution < 1.29 is 24.3 Å². The van der Waals surface area contributed by atoms with Gasteiger partial charge in [-0.05, 0) is 42.3 Å². The lowest BCUT2D eigenvalue weighted by atomic mass is 9.91. The predicted molar refractivity (Wildman–Crippen MR) is 104 cm³/mol. The molecule has 2 aliphatic heterocycles. The number of nitrogens with two attached hydrogens (primary N) is 1. The number of phenolic OH excluding ortho intramolecular Hbond substituents is 1. The van der Waals surface area contributed by atoms with E-state index in [1.165, 1.54) is 17.2 Å². The number of amides is 3. The Labute approximate surface area is 171 Å². The average Bonchev–Trinajstić information content (AvgIpc) is 3.14. The Morgan fingerprint density at radius 3 is 2.48 bits per heavy atom. The highest BCUT2D eigenvalue weighted by molar-refractivity contribution is 6.32. The van der Waals surface area contributed by atoms with Crippen molar-refractivity contribution >= 4 is 35.0 Å². The summed E-state index contributed by atoms with van der Waals surface area (Å²) in [5, 5.41) is 11.3. The fraction of sp³-hybridized carbons (Fsp3) is 0.250. The number of imide groups is 1. The van der Waals surface area contributed by atoms with Gasteiger partial charge in [0.15, 0.2) is 6.10 Å². The molecule has 0 aliphatic carbocycles. The topological polar surface area (TPSA) is 113 Å². The van der Waals surface area contributed by atoms with Crippen molar-refractivity contribution in [3.8, 4) is 5.75 Å². The number of aryl methyl sites for hydroxylation is 1. The Kier molecular flexibility index (Phi) is 4.77. The second-order valence-electron chi connectivity index (χ2n) is 7.08. The van der Waals surface area contributed by atoms with Gasteiger partial charge >= 0.3 is 0 Å². The number of benzene rings is 2. The lowest BCUT2D eigenvalue weighted by Crippen LogP contribution is -2.40. The molecule has 3 amide bonds. The van der Waals surface area contributed by atoms with Crippen LogP contribution in [-0.4, -0.2) is 40.5 Å². The maximum absolute atomic E-state index is 13.3. The summed E-state index contributed by atoms with van der Waals surface area (Å²) in [6.07, 6.45) is -1.08. The van der Waals surface area contributed by atoms with Crippen LogP contribution >= 0.6 is 11.6 Å². The highest BCUT2D eigenvalue weighted by Crippen LogP contribution is 2.46.